The van der Waals surface area contributed by atoms with E-state index in [1.165, 1.54) is 24.3 Å². The zero-order valence-electron chi connectivity index (χ0n) is 15.8. The first-order chi connectivity index (χ1) is 14.2. The van der Waals surface area contributed by atoms with Gasteiger partial charge in [0.1, 0.15) is 10.6 Å². The number of nitrogens with zero attached hydrogens (tertiary/aromatic N) is 3. The van der Waals surface area contributed by atoms with Gasteiger partial charge in [0.15, 0.2) is 10.9 Å². The maximum absolute atomic E-state index is 12.9. The average molecular weight is 432 g/mol. The van der Waals surface area contributed by atoms with Crippen molar-refractivity contribution >= 4 is 33.8 Å². The lowest BCUT2D eigenvalue weighted by Gasteiger charge is -2.10. The molecule has 0 saturated carbocycles. The first-order valence-corrected chi connectivity index (χ1v) is 9.34. The molecule has 0 saturated heterocycles. The second kappa shape index (κ2) is 8.42. The molecule has 30 heavy (non-hydrogen) atoms. The monoisotopic (exact) mass is 432 g/mol. The Bertz CT molecular complexity index is 1090. The van der Waals surface area contributed by atoms with Crippen molar-refractivity contribution in [3.8, 4) is 11.8 Å². The Labute approximate surface area is 174 Å². The van der Waals surface area contributed by atoms with E-state index in [1.54, 1.807) is 43.3 Å². The molecule has 0 aliphatic heterocycles. The van der Waals surface area contributed by atoms with Crippen molar-refractivity contribution in [1.82, 2.24) is 4.98 Å². The van der Waals surface area contributed by atoms with Crippen molar-refractivity contribution in [3.05, 3.63) is 64.5 Å². The molecular weight excluding hydrogens is 417 g/mol. The molecule has 1 heterocycles. The number of aromatic nitrogens is 1. The Morgan fingerprint density at radius 3 is 2.30 bits per heavy atom. The van der Waals surface area contributed by atoms with Crippen LogP contribution in [0.3, 0.4) is 0 Å². The van der Waals surface area contributed by atoms with Crippen molar-refractivity contribution in [3.63, 3.8) is 0 Å². The minimum Gasteiger partial charge on any atom is -0.406 e. The zero-order chi connectivity index (χ0) is 21.9. The Hall–Kier alpha value is -3.58. The van der Waals surface area contributed by atoms with E-state index in [0.717, 1.165) is 11.3 Å². The molecular formula is C20H15F3N4O2S. The smallest absolute Gasteiger partial charge is 0.406 e. The molecule has 1 N–H and O–H groups in total. The van der Waals surface area contributed by atoms with E-state index in [4.69, 9.17) is 5.26 Å². The second-order valence-electron chi connectivity index (χ2n) is 6.28. The van der Waals surface area contributed by atoms with Gasteiger partial charge in [0.05, 0.1) is 11.6 Å². The number of carbonyl (C=O) groups excluding carboxylic acids is 1. The molecule has 10 heteroatoms. The highest BCUT2D eigenvalue weighted by Gasteiger charge is 2.31. The summed E-state index contributed by atoms with van der Waals surface area (Å²) in [5.41, 5.74) is 1.35. The normalized spacial score (nSPS) is 10.9. The minimum absolute atomic E-state index is 0.248. The molecule has 1 aromatic heterocycles. The fraction of sp³-hybridized carbons (Fsp3) is 0.150. The Balaban J connectivity index is 1.83. The van der Waals surface area contributed by atoms with Crippen LogP contribution in [0.25, 0.3) is 0 Å². The van der Waals surface area contributed by atoms with Crippen LogP contribution >= 0.6 is 11.3 Å². The summed E-state index contributed by atoms with van der Waals surface area (Å²) in [6, 6.07) is 13.5. The molecule has 0 aliphatic rings. The van der Waals surface area contributed by atoms with Gasteiger partial charge in [-0.2, -0.15) is 5.26 Å². The number of halogens is 3. The number of ketones is 1. The third kappa shape index (κ3) is 5.07. The first kappa shape index (κ1) is 21.1. The number of hydrogen-bond acceptors (Lipinski definition) is 7. The molecule has 2 aromatic carbocycles. The molecule has 0 bridgehead atoms. The maximum atomic E-state index is 12.9. The third-order valence-corrected chi connectivity index (χ3v) is 4.81. The molecule has 3 rings (SSSR count). The van der Waals surface area contributed by atoms with E-state index >= 15 is 0 Å². The zero-order valence-corrected chi connectivity index (χ0v) is 16.6. The van der Waals surface area contributed by atoms with E-state index in [9.17, 15) is 18.0 Å². The number of anilines is 3. The summed E-state index contributed by atoms with van der Waals surface area (Å²) in [6.45, 7) is 0. The lowest BCUT2D eigenvalue weighted by Crippen LogP contribution is -2.16. The molecule has 0 atom stereocenters. The van der Waals surface area contributed by atoms with Crippen LogP contribution in [0.4, 0.5) is 29.8 Å². The molecule has 0 amide bonds. The summed E-state index contributed by atoms with van der Waals surface area (Å²) in [7, 11) is 3.50. The topological polar surface area (TPSA) is 78.2 Å². The number of nitrogens with one attached hydrogen (secondary N) is 1. The van der Waals surface area contributed by atoms with Crippen molar-refractivity contribution in [1.29, 1.82) is 5.26 Å². The molecule has 0 aliphatic carbocycles. The van der Waals surface area contributed by atoms with Crippen LogP contribution in [0.2, 0.25) is 0 Å². The summed E-state index contributed by atoms with van der Waals surface area (Å²) in [4.78, 5) is 19.4. The summed E-state index contributed by atoms with van der Waals surface area (Å²) >= 11 is 1.12. The van der Waals surface area contributed by atoms with Gasteiger partial charge in [-0.25, -0.2) is 4.98 Å². The van der Waals surface area contributed by atoms with Gasteiger partial charge in [0, 0.05) is 25.3 Å². The molecule has 154 valence electrons. The van der Waals surface area contributed by atoms with Gasteiger partial charge in [-0.05, 0) is 48.5 Å². The summed E-state index contributed by atoms with van der Waals surface area (Å²) in [5, 5.41) is 12.3. The van der Waals surface area contributed by atoms with Gasteiger partial charge in [-0.3, -0.25) is 4.79 Å². The standard InChI is InChI=1S/C20H15F3N4O2S/c1-27(2)18-17(16(28)13-5-3-12(11-24)4-6-13)30-19(26-18)25-14-7-9-15(10-8-14)29-20(21,22)23/h3-10H,1-2H3,(H,25,26). The molecule has 0 unspecified atom stereocenters. The number of benzene rings is 2. The lowest BCUT2D eigenvalue weighted by atomic mass is 10.1. The van der Waals surface area contributed by atoms with E-state index < -0.39 is 6.36 Å². The Kier molecular flexibility index (Phi) is 5.94. The van der Waals surface area contributed by atoms with Crippen LogP contribution in [0.15, 0.2) is 48.5 Å². The quantitative estimate of drug-likeness (QED) is 0.555. The lowest BCUT2D eigenvalue weighted by molar-refractivity contribution is -0.274. The fourth-order valence-electron chi connectivity index (χ4n) is 2.51. The van der Waals surface area contributed by atoms with Crippen LogP contribution in [-0.4, -0.2) is 31.2 Å². The number of hydrogen-bond donors (Lipinski definition) is 1. The van der Waals surface area contributed by atoms with Crippen LogP contribution < -0.4 is 15.0 Å². The average Bonchev–Trinajstić information content (AvgIpc) is 3.12. The number of nitriles is 1. The maximum Gasteiger partial charge on any atom is 0.573 e. The van der Waals surface area contributed by atoms with E-state index in [-0.39, 0.29) is 11.5 Å². The fourth-order valence-corrected chi connectivity index (χ4v) is 3.53. The molecule has 0 radical (unpaired) electrons. The van der Waals surface area contributed by atoms with E-state index in [1.807, 2.05) is 6.07 Å². The van der Waals surface area contributed by atoms with Crippen molar-refractivity contribution < 1.29 is 22.7 Å². The number of rotatable bonds is 6. The first-order valence-electron chi connectivity index (χ1n) is 8.52. The molecule has 0 fully saturated rings. The van der Waals surface area contributed by atoms with Crippen LogP contribution in [-0.2, 0) is 0 Å². The predicted molar refractivity (Wildman–Crippen MR) is 107 cm³/mol. The number of thiazole rings is 1. The van der Waals surface area contributed by atoms with Crippen LogP contribution in [0.5, 0.6) is 5.75 Å². The van der Waals surface area contributed by atoms with Gasteiger partial charge in [-0.1, -0.05) is 11.3 Å². The number of carbonyl (C=O) groups is 1. The van der Waals surface area contributed by atoms with Crippen LogP contribution in [0.1, 0.15) is 20.8 Å². The van der Waals surface area contributed by atoms with Gasteiger partial charge in [0.25, 0.3) is 0 Å². The Morgan fingerprint density at radius 1 is 1.13 bits per heavy atom. The van der Waals surface area contributed by atoms with Crippen molar-refractivity contribution in [2.24, 2.45) is 0 Å². The highest BCUT2D eigenvalue weighted by molar-refractivity contribution is 7.18. The molecule has 6 nitrogen and oxygen atoms in total. The minimum atomic E-state index is -4.76. The summed E-state index contributed by atoms with van der Waals surface area (Å²) in [6.07, 6.45) is -4.76. The van der Waals surface area contributed by atoms with Gasteiger partial charge in [0.2, 0.25) is 5.78 Å². The molecule has 3 aromatic rings. The summed E-state index contributed by atoms with van der Waals surface area (Å²) < 4.78 is 40.7. The third-order valence-electron chi connectivity index (χ3n) is 3.85. The highest BCUT2D eigenvalue weighted by Crippen LogP contribution is 2.33. The Morgan fingerprint density at radius 2 is 1.77 bits per heavy atom. The number of ether oxygens (including phenoxy) is 1. The number of alkyl halides is 3. The van der Waals surface area contributed by atoms with Crippen molar-refractivity contribution in [2.75, 3.05) is 24.3 Å². The van der Waals surface area contributed by atoms with Gasteiger partial charge >= 0.3 is 6.36 Å². The molecule has 0 spiro atoms. The van der Waals surface area contributed by atoms with Crippen molar-refractivity contribution in [2.45, 2.75) is 6.36 Å². The second-order valence-corrected chi connectivity index (χ2v) is 7.28. The SMILES string of the molecule is CN(C)c1nc(Nc2ccc(OC(F)(F)F)cc2)sc1C(=O)c1ccc(C#N)cc1. The largest absolute Gasteiger partial charge is 0.573 e. The van der Waals surface area contributed by atoms with E-state index in [0.29, 0.717) is 32.6 Å². The van der Waals surface area contributed by atoms with E-state index in [2.05, 4.69) is 15.0 Å². The van der Waals surface area contributed by atoms with Gasteiger partial charge < -0.3 is 15.0 Å². The predicted octanol–water partition coefficient (Wildman–Crippen LogP) is 4.95. The van der Waals surface area contributed by atoms with Gasteiger partial charge in [-0.15, -0.1) is 13.2 Å². The van der Waals surface area contributed by atoms with Crippen LogP contribution in [0, 0.1) is 11.3 Å². The summed E-state index contributed by atoms with van der Waals surface area (Å²) in [5.74, 6) is -0.130. The highest BCUT2D eigenvalue weighted by atomic mass is 32.1.